The lowest BCUT2D eigenvalue weighted by Gasteiger charge is -1.98. The number of rotatable bonds is 2. The molecule has 1 fully saturated rings. The van der Waals surface area contributed by atoms with Crippen molar-refractivity contribution in [3.63, 3.8) is 0 Å². The molecular weight excluding hydrogens is 142 g/mol. The predicted molar refractivity (Wildman–Crippen MR) is 38.8 cm³/mol. The van der Waals surface area contributed by atoms with Gasteiger partial charge >= 0.3 is 0 Å². The molecule has 1 heterocycles. The maximum atomic E-state index is 9.59. The van der Waals surface area contributed by atoms with Crippen LogP contribution in [0.2, 0.25) is 0 Å². The average molecular weight is 153 g/mol. The van der Waals surface area contributed by atoms with E-state index in [9.17, 15) is 5.11 Å². The highest BCUT2D eigenvalue weighted by Crippen LogP contribution is 2.43. The van der Waals surface area contributed by atoms with Crippen molar-refractivity contribution in [3.05, 3.63) is 11.9 Å². The molecule has 1 N–H and O–H groups in total. The molecule has 0 radical (unpaired) electrons. The van der Waals surface area contributed by atoms with E-state index in [1.807, 2.05) is 13.1 Å². The average Bonchev–Trinajstić information content (AvgIpc) is 2.61. The Kier molecular flexibility index (Phi) is 1.26. The lowest BCUT2D eigenvalue weighted by Crippen LogP contribution is -2.04. The summed E-state index contributed by atoms with van der Waals surface area (Å²) in [6, 6.07) is 0. The second-order valence-electron chi connectivity index (χ2n) is 2.99. The van der Waals surface area contributed by atoms with Gasteiger partial charge in [0.2, 0.25) is 0 Å². The van der Waals surface area contributed by atoms with Crippen LogP contribution < -0.4 is 0 Å². The maximum Gasteiger partial charge on any atom is 0.114 e. The molecule has 0 spiro atoms. The number of hydrogen-bond donors (Lipinski definition) is 1. The Balaban J connectivity index is 2.25. The standard InChI is InChI=1S/C7H11N3O/c1-2-10-5-6(8-9-10)7(11)3-4-7/h5,11H,2-4H2,1H3. The summed E-state index contributed by atoms with van der Waals surface area (Å²) in [7, 11) is 0. The SMILES string of the molecule is CCn1cc(C2(O)CC2)nn1. The number of hydrogen-bond acceptors (Lipinski definition) is 3. The summed E-state index contributed by atoms with van der Waals surface area (Å²) in [6.07, 6.45) is 3.47. The van der Waals surface area contributed by atoms with Crippen LogP contribution in [0, 0.1) is 0 Å². The molecule has 0 bridgehead atoms. The zero-order valence-electron chi connectivity index (χ0n) is 6.49. The van der Waals surface area contributed by atoms with Gasteiger partial charge in [0.15, 0.2) is 0 Å². The molecule has 60 valence electrons. The second-order valence-corrected chi connectivity index (χ2v) is 2.99. The minimum atomic E-state index is -0.632. The largest absolute Gasteiger partial charge is 0.383 e. The van der Waals surface area contributed by atoms with Crippen LogP contribution in [0.5, 0.6) is 0 Å². The van der Waals surface area contributed by atoms with E-state index >= 15 is 0 Å². The van der Waals surface area contributed by atoms with Gasteiger partial charge in [-0.05, 0) is 19.8 Å². The Morgan fingerprint density at radius 3 is 2.91 bits per heavy atom. The third-order valence-electron chi connectivity index (χ3n) is 2.06. The minimum absolute atomic E-state index is 0.632. The highest BCUT2D eigenvalue weighted by Gasteiger charge is 2.44. The zero-order valence-corrected chi connectivity index (χ0v) is 6.49. The molecule has 0 atom stereocenters. The fourth-order valence-corrected chi connectivity index (χ4v) is 1.04. The van der Waals surface area contributed by atoms with Crippen LogP contribution >= 0.6 is 0 Å². The summed E-state index contributed by atoms with van der Waals surface area (Å²) in [5.74, 6) is 0. The molecule has 0 aromatic carbocycles. The first-order chi connectivity index (χ1) is 5.24. The Bertz CT molecular complexity index is 264. The highest BCUT2D eigenvalue weighted by molar-refractivity contribution is 5.14. The fraction of sp³-hybridized carbons (Fsp3) is 0.714. The predicted octanol–water partition coefficient (Wildman–Crippen LogP) is 0.279. The first-order valence-electron chi connectivity index (χ1n) is 3.87. The van der Waals surface area contributed by atoms with Gasteiger partial charge in [-0.2, -0.15) is 0 Å². The monoisotopic (exact) mass is 153 g/mol. The van der Waals surface area contributed by atoms with Crippen LogP contribution in [0.4, 0.5) is 0 Å². The molecule has 0 saturated heterocycles. The lowest BCUT2D eigenvalue weighted by atomic mass is 10.2. The van der Waals surface area contributed by atoms with E-state index in [4.69, 9.17) is 0 Å². The molecule has 1 aromatic rings. The zero-order chi connectivity index (χ0) is 7.90. The van der Waals surface area contributed by atoms with Crippen LogP contribution in [0.25, 0.3) is 0 Å². The molecular formula is C7H11N3O. The van der Waals surface area contributed by atoms with Crippen molar-refractivity contribution in [2.45, 2.75) is 31.9 Å². The Morgan fingerprint density at radius 1 is 1.73 bits per heavy atom. The van der Waals surface area contributed by atoms with E-state index in [-0.39, 0.29) is 0 Å². The molecule has 2 rings (SSSR count). The Morgan fingerprint density at radius 2 is 2.45 bits per heavy atom. The van der Waals surface area contributed by atoms with E-state index in [0.717, 1.165) is 25.1 Å². The summed E-state index contributed by atoms with van der Waals surface area (Å²) < 4.78 is 1.73. The Hall–Kier alpha value is -0.900. The van der Waals surface area contributed by atoms with Crippen LogP contribution in [-0.2, 0) is 12.1 Å². The summed E-state index contributed by atoms with van der Waals surface area (Å²) in [6.45, 7) is 2.80. The van der Waals surface area contributed by atoms with Gasteiger partial charge in [0.05, 0.1) is 6.20 Å². The smallest absolute Gasteiger partial charge is 0.114 e. The van der Waals surface area contributed by atoms with E-state index in [0.29, 0.717) is 0 Å². The minimum Gasteiger partial charge on any atom is -0.383 e. The van der Waals surface area contributed by atoms with Crippen LogP contribution in [0.3, 0.4) is 0 Å². The first kappa shape index (κ1) is 6.79. The second kappa shape index (κ2) is 2.04. The van der Waals surface area contributed by atoms with Crippen molar-refractivity contribution in [2.75, 3.05) is 0 Å². The summed E-state index contributed by atoms with van der Waals surface area (Å²) in [5, 5.41) is 17.3. The van der Waals surface area contributed by atoms with E-state index in [1.54, 1.807) is 4.68 Å². The van der Waals surface area contributed by atoms with Crippen LogP contribution in [0.15, 0.2) is 6.20 Å². The van der Waals surface area contributed by atoms with Crippen molar-refractivity contribution in [3.8, 4) is 0 Å². The lowest BCUT2D eigenvalue weighted by molar-refractivity contribution is 0.146. The normalized spacial score (nSPS) is 20.2. The van der Waals surface area contributed by atoms with Crippen molar-refractivity contribution in [1.82, 2.24) is 15.0 Å². The first-order valence-corrected chi connectivity index (χ1v) is 3.87. The summed E-state index contributed by atoms with van der Waals surface area (Å²) >= 11 is 0. The molecule has 1 aliphatic rings. The molecule has 1 aromatic heterocycles. The van der Waals surface area contributed by atoms with E-state index < -0.39 is 5.60 Å². The van der Waals surface area contributed by atoms with Gasteiger partial charge in [-0.3, -0.25) is 4.68 Å². The van der Waals surface area contributed by atoms with Crippen molar-refractivity contribution in [1.29, 1.82) is 0 Å². The van der Waals surface area contributed by atoms with Gasteiger partial charge < -0.3 is 5.11 Å². The molecule has 4 heteroatoms. The van der Waals surface area contributed by atoms with E-state index in [1.165, 1.54) is 0 Å². The topological polar surface area (TPSA) is 50.9 Å². The number of aromatic nitrogens is 3. The molecule has 0 amide bonds. The number of aliphatic hydroxyl groups is 1. The molecule has 4 nitrogen and oxygen atoms in total. The molecule has 1 aliphatic carbocycles. The van der Waals surface area contributed by atoms with Gasteiger partial charge in [0.1, 0.15) is 11.3 Å². The van der Waals surface area contributed by atoms with Crippen molar-refractivity contribution < 1.29 is 5.11 Å². The van der Waals surface area contributed by atoms with Gasteiger partial charge in [0.25, 0.3) is 0 Å². The molecule has 0 aliphatic heterocycles. The van der Waals surface area contributed by atoms with Crippen molar-refractivity contribution in [2.24, 2.45) is 0 Å². The van der Waals surface area contributed by atoms with Gasteiger partial charge in [0, 0.05) is 6.54 Å². The third kappa shape index (κ3) is 1.03. The molecule has 0 unspecified atom stereocenters. The fourth-order valence-electron chi connectivity index (χ4n) is 1.04. The van der Waals surface area contributed by atoms with E-state index in [2.05, 4.69) is 10.3 Å². The van der Waals surface area contributed by atoms with Gasteiger partial charge in [-0.1, -0.05) is 5.21 Å². The highest BCUT2D eigenvalue weighted by atomic mass is 16.3. The molecule has 1 saturated carbocycles. The van der Waals surface area contributed by atoms with Gasteiger partial charge in [-0.25, -0.2) is 0 Å². The van der Waals surface area contributed by atoms with Gasteiger partial charge in [-0.15, -0.1) is 5.10 Å². The maximum absolute atomic E-state index is 9.59. The van der Waals surface area contributed by atoms with Crippen LogP contribution in [0.1, 0.15) is 25.5 Å². The number of nitrogens with zero attached hydrogens (tertiary/aromatic N) is 3. The summed E-state index contributed by atoms with van der Waals surface area (Å²) in [4.78, 5) is 0. The molecule has 11 heavy (non-hydrogen) atoms. The number of aryl methyl sites for hydroxylation is 1. The van der Waals surface area contributed by atoms with Crippen LogP contribution in [-0.4, -0.2) is 20.1 Å². The quantitative estimate of drug-likeness (QED) is 0.664. The Labute approximate surface area is 64.8 Å². The van der Waals surface area contributed by atoms with Crippen molar-refractivity contribution >= 4 is 0 Å². The third-order valence-corrected chi connectivity index (χ3v) is 2.06. The summed E-state index contributed by atoms with van der Waals surface area (Å²) in [5.41, 5.74) is 0.0901.